The van der Waals surface area contributed by atoms with Gasteiger partial charge in [0.2, 0.25) is 11.9 Å². The van der Waals surface area contributed by atoms with E-state index in [2.05, 4.69) is 22.2 Å². The van der Waals surface area contributed by atoms with Crippen molar-refractivity contribution in [3.05, 3.63) is 17.3 Å². The van der Waals surface area contributed by atoms with E-state index in [0.717, 1.165) is 42.8 Å². The van der Waals surface area contributed by atoms with E-state index in [1.165, 1.54) is 12.8 Å². The van der Waals surface area contributed by atoms with Crippen LogP contribution in [0.15, 0.2) is 12.1 Å². The SMILES string of the molecule is CC12C[C@@H](OCCC(=O)Nc3nc4ccc(Cl)nc4n3C3CCC3)C[C@H]1C2. The first-order valence-electron chi connectivity index (χ1n) is 9.98. The highest BCUT2D eigenvalue weighted by Gasteiger charge is 2.56. The van der Waals surface area contributed by atoms with Crippen LogP contribution in [-0.2, 0) is 9.53 Å². The van der Waals surface area contributed by atoms with Gasteiger partial charge in [-0.05, 0) is 62.0 Å². The first-order valence-corrected chi connectivity index (χ1v) is 10.4. The third-order valence-electron chi connectivity index (χ3n) is 6.66. The van der Waals surface area contributed by atoms with Gasteiger partial charge in [-0.3, -0.25) is 14.7 Å². The van der Waals surface area contributed by atoms with Crippen molar-refractivity contribution in [1.82, 2.24) is 14.5 Å². The lowest BCUT2D eigenvalue weighted by Gasteiger charge is -2.28. The molecule has 0 radical (unpaired) electrons. The molecule has 3 aliphatic carbocycles. The smallest absolute Gasteiger partial charge is 0.229 e. The van der Waals surface area contributed by atoms with Crippen LogP contribution in [0.3, 0.4) is 0 Å². The van der Waals surface area contributed by atoms with Crippen molar-refractivity contribution in [2.45, 2.75) is 64.0 Å². The lowest BCUT2D eigenvalue weighted by molar-refractivity contribution is -0.117. The van der Waals surface area contributed by atoms with E-state index in [0.29, 0.717) is 41.7 Å². The number of hydrogen-bond acceptors (Lipinski definition) is 4. The van der Waals surface area contributed by atoms with Gasteiger partial charge in [0.25, 0.3) is 0 Å². The van der Waals surface area contributed by atoms with Gasteiger partial charge in [-0.25, -0.2) is 9.97 Å². The summed E-state index contributed by atoms with van der Waals surface area (Å²) in [4.78, 5) is 21.5. The Hall–Kier alpha value is -1.66. The Balaban J connectivity index is 1.23. The molecule has 0 aromatic carbocycles. The van der Waals surface area contributed by atoms with E-state index >= 15 is 0 Å². The number of anilines is 1. The summed E-state index contributed by atoms with van der Waals surface area (Å²) in [5.74, 6) is 1.36. The minimum absolute atomic E-state index is 0.0636. The van der Waals surface area contributed by atoms with Gasteiger partial charge in [-0.1, -0.05) is 18.5 Å². The average Bonchev–Trinajstić information content (AvgIpc) is 2.91. The Morgan fingerprint density at radius 1 is 1.37 bits per heavy atom. The number of ether oxygens (including phenoxy) is 1. The summed E-state index contributed by atoms with van der Waals surface area (Å²) in [7, 11) is 0. The molecule has 2 heterocycles. The number of rotatable bonds is 6. The zero-order chi connectivity index (χ0) is 18.6. The molecule has 3 atom stereocenters. The molecule has 27 heavy (non-hydrogen) atoms. The lowest BCUT2D eigenvalue weighted by atomic mass is 9.93. The molecule has 1 N–H and O–H groups in total. The Labute approximate surface area is 163 Å². The maximum atomic E-state index is 12.5. The molecule has 144 valence electrons. The molecular formula is C20H25ClN4O2. The van der Waals surface area contributed by atoms with Crippen LogP contribution >= 0.6 is 11.6 Å². The van der Waals surface area contributed by atoms with Gasteiger partial charge in [0.1, 0.15) is 10.7 Å². The first kappa shape index (κ1) is 17.4. The number of halogens is 1. The molecule has 2 aromatic heterocycles. The van der Waals surface area contributed by atoms with E-state index in [9.17, 15) is 4.79 Å². The van der Waals surface area contributed by atoms with Crippen LogP contribution in [0.5, 0.6) is 0 Å². The summed E-state index contributed by atoms with van der Waals surface area (Å²) in [6.45, 7) is 2.81. The molecule has 1 unspecified atom stereocenters. The molecule has 5 rings (SSSR count). The Morgan fingerprint density at radius 3 is 2.93 bits per heavy atom. The molecule has 3 aliphatic rings. The predicted octanol–water partition coefficient (Wildman–Crippen LogP) is 4.34. The van der Waals surface area contributed by atoms with Crippen molar-refractivity contribution in [3.63, 3.8) is 0 Å². The number of pyridine rings is 1. The fourth-order valence-electron chi connectivity index (χ4n) is 4.70. The molecule has 1 amide bonds. The number of fused-ring (bicyclic) bond motifs is 2. The normalized spacial score (nSPS) is 29.6. The molecule has 2 aromatic rings. The number of nitrogens with one attached hydrogen (secondary N) is 1. The van der Waals surface area contributed by atoms with Crippen LogP contribution in [0.4, 0.5) is 5.95 Å². The number of carbonyl (C=O) groups excluding carboxylic acids is 1. The Bertz CT molecular complexity index is 893. The molecule has 0 spiro atoms. The van der Waals surface area contributed by atoms with E-state index in [4.69, 9.17) is 16.3 Å². The molecule has 0 bridgehead atoms. The zero-order valence-corrected chi connectivity index (χ0v) is 16.3. The Kier molecular flexibility index (Phi) is 4.17. The summed E-state index contributed by atoms with van der Waals surface area (Å²) >= 11 is 6.07. The van der Waals surface area contributed by atoms with Crippen molar-refractivity contribution >= 4 is 34.6 Å². The third kappa shape index (κ3) is 3.23. The summed E-state index contributed by atoms with van der Waals surface area (Å²) in [6, 6.07) is 3.91. The highest BCUT2D eigenvalue weighted by atomic mass is 35.5. The van der Waals surface area contributed by atoms with E-state index in [-0.39, 0.29) is 5.91 Å². The van der Waals surface area contributed by atoms with Crippen LogP contribution in [0.2, 0.25) is 5.15 Å². The van der Waals surface area contributed by atoms with Crippen LogP contribution in [0.25, 0.3) is 11.2 Å². The maximum absolute atomic E-state index is 12.5. The summed E-state index contributed by atoms with van der Waals surface area (Å²) in [5.41, 5.74) is 2.03. The van der Waals surface area contributed by atoms with Crippen molar-refractivity contribution in [2.75, 3.05) is 11.9 Å². The number of aromatic nitrogens is 3. The highest BCUT2D eigenvalue weighted by Crippen LogP contribution is 2.63. The molecule has 3 saturated carbocycles. The second-order valence-corrected chi connectivity index (χ2v) is 9.04. The monoisotopic (exact) mass is 388 g/mol. The number of carbonyl (C=O) groups is 1. The van der Waals surface area contributed by atoms with Crippen molar-refractivity contribution < 1.29 is 9.53 Å². The van der Waals surface area contributed by atoms with Gasteiger partial charge in [0.05, 0.1) is 19.1 Å². The zero-order valence-electron chi connectivity index (χ0n) is 15.6. The third-order valence-corrected chi connectivity index (χ3v) is 6.87. The van der Waals surface area contributed by atoms with E-state index in [1.807, 2.05) is 10.6 Å². The molecule has 0 saturated heterocycles. The molecule has 7 heteroatoms. The van der Waals surface area contributed by atoms with Gasteiger partial charge >= 0.3 is 0 Å². The quantitative estimate of drug-likeness (QED) is 0.747. The standard InChI is InChI=1S/C20H25ClN4O2/c1-20-10-12(20)9-14(11-20)27-8-7-17(26)24-19-22-15-5-6-16(21)23-18(15)25(19)13-3-2-4-13/h5-6,12-14H,2-4,7-11H2,1H3,(H,22,24,26)/t12-,14-,20?/m0/s1. The van der Waals surface area contributed by atoms with Gasteiger partial charge in [-0.15, -0.1) is 0 Å². The molecular weight excluding hydrogens is 364 g/mol. The fraction of sp³-hybridized carbons (Fsp3) is 0.650. The number of amides is 1. The summed E-state index contributed by atoms with van der Waals surface area (Å²) in [5, 5.41) is 3.41. The number of hydrogen-bond donors (Lipinski definition) is 1. The van der Waals surface area contributed by atoms with Gasteiger partial charge < -0.3 is 4.74 Å². The molecule has 0 aliphatic heterocycles. The number of imidazole rings is 1. The van der Waals surface area contributed by atoms with E-state index in [1.54, 1.807) is 6.07 Å². The minimum atomic E-state index is -0.0636. The summed E-state index contributed by atoms with van der Waals surface area (Å²) < 4.78 is 7.98. The largest absolute Gasteiger partial charge is 0.378 e. The van der Waals surface area contributed by atoms with Gasteiger partial charge in [0, 0.05) is 6.04 Å². The van der Waals surface area contributed by atoms with E-state index < -0.39 is 0 Å². The van der Waals surface area contributed by atoms with Gasteiger partial charge in [0.15, 0.2) is 5.65 Å². The fourth-order valence-corrected chi connectivity index (χ4v) is 4.85. The maximum Gasteiger partial charge on any atom is 0.229 e. The first-order chi connectivity index (χ1) is 13.0. The van der Waals surface area contributed by atoms with Crippen LogP contribution in [-0.4, -0.2) is 33.2 Å². The van der Waals surface area contributed by atoms with Crippen molar-refractivity contribution in [1.29, 1.82) is 0 Å². The van der Waals surface area contributed by atoms with Crippen LogP contribution in [0.1, 0.15) is 57.9 Å². The van der Waals surface area contributed by atoms with Crippen molar-refractivity contribution in [3.8, 4) is 0 Å². The Morgan fingerprint density at radius 2 is 2.22 bits per heavy atom. The van der Waals surface area contributed by atoms with Crippen LogP contribution < -0.4 is 5.32 Å². The second kappa shape index (κ2) is 6.45. The highest BCUT2D eigenvalue weighted by molar-refractivity contribution is 6.29. The lowest BCUT2D eigenvalue weighted by Crippen LogP contribution is -2.23. The predicted molar refractivity (Wildman–Crippen MR) is 104 cm³/mol. The van der Waals surface area contributed by atoms with Gasteiger partial charge in [-0.2, -0.15) is 0 Å². The van der Waals surface area contributed by atoms with Crippen LogP contribution in [0, 0.1) is 11.3 Å². The van der Waals surface area contributed by atoms with Crippen molar-refractivity contribution in [2.24, 2.45) is 11.3 Å². The minimum Gasteiger partial charge on any atom is -0.378 e. The molecule has 6 nitrogen and oxygen atoms in total. The average molecular weight is 389 g/mol. The topological polar surface area (TPSA) is 69.0 Å². The number of nitrogens with zero attached hydrogens (tertiary/aromatic N) is 3. The second-order valence-electron chi connectivity index (χ2n) is 8.65. The molecule has 3 fully saturated rings. The summed E-state index contributed by atoms with van der Waals surface area (Å²) in [6.07, 6.45) is 7.66.